The van der Waals surface area contributed by atoms with Crippen molar-refractivity contribution in [3.05, 3.63) is 113 Å². The van der Waals surface area contributed by atoms with Gasteiger partial charge in [-0.05, 0) is 42.0 Å². The van der Waals surface area contributed by atoms with Gasteiger partial charge >= 0.3 is 0 Å². The Morgan fingerprint density at radius 1 is 0.905 bits per heavy atom. The van der Waals surface area contributed by atoms with Crippen LogP contribution in [0.3, 0.4) is 0 Å². The van der Waals surface area contributed by atoms with E-state index in [4.69, 9.17) is 4.74 Å². The maximum Gasteiger partial charge on any atom is 0.265 e. The molecule has 9 nitrogen and oxygen atoms in total. The van der Waals surface area contributed by atoms with Gasteiger partial charge in [-0.15, -0.1) is 5.10 Å². The van der Waals surface area contributed by atoms with Crippen molar-refractivity contribution in [2.45, 2.75) is 13.1 Å². The van der Waals surface area contributed by atoms with Gasteiger partial charge in [0.1, 0.15) is 18.0 Å². The average molecular weight is 621 g/mol. The molecule has 42 heavy (non-hydrogen) atoms. The summed E-state index contributed by atoms with van der Waals surface area (Å²) >= 11 is 3.41. The summed E-state index contributed by atoms with van der Waals surface area (Å²) in [6, 6.07) is 29.8. The van der Waals surface area contributed by atoms with Crippen LogP contribution in [0.4, 0.5) is 5.69 Å². The summed E-state index contributed by atoms with van der Waals surface area (Å²) in [6.07, 6.45) is 1.92. The van der Waals surface area contributed by atoms with Crippen LogP contribution in [-0.4, -0.2) is 44.5 Å². The van der Waals surface area contributed by atoms with E-state index in [1.807, 2.05) is 48.7 Å². The lowest BCUT2D eigenvalue weighted by molar-refractivity contribution is -0.125. The zero-order valence-corrected chi connectivity index (χ0v) is 24.0. The number of halogens is 1. The Labute approximate surface area is 249 Å². The Morgan fingerprint density at radius 2 is 1.62 bits per heavy atom. The monoisotopic (exact) mass is 620 g/mol. The van der Waals surface area contributed by atoms with E-state index in [-0.39, 0.29) is 31.5 Å². The molecule has 0 atom stereocenters. The maximum absolute atomic E-state index is 13.0. The smallest absolute Gasteiger partial charge is 0.265 e. The van der Waals surface area contributed by atoms with Gasteiger partial charge < -0.3 is 14.6 Å². The van der Waals surface area contributed by atoms with E-state index in [0.29, 0.717) is 18.0 Å². The molecular weight excluding hydrogens is 596 g/mol. The molecular formula is C32H25BrN6O3. The Balaban J connectivity index is 1.09. The second-order valence-corrected chi connectivity index (χ2v) is 11.0. The molecule has 1 aliphatic rings. The summed E-state index contributed by atoms with van der Waals surface area (Å²) in [4.78, 5) is 26.9. The minimum atomic E-state index is -0.278. The molecule has 0 saturated carbocycles. The van der Waals surface area contributed by atoms with Gasteiger partial charge in [0.25, 0.3) is 5.91 Å². The fourth-order valence-electron chi connectivity index (χ4n) is 5.45. The largest absolute Gasteiger partial charge is 0.482 e. The van der Waals surface area contributed by atoms with E-state index < -0.39 is 0 Å². The number of carbonyl (C=O) groups is 2. The zero-order valence-electron chi connectivity index (χ0n) is 22.4. The van der Waals surface area contributed by atoms with Crippen LogP contribution >= 0.6 is 15.9 Å². The number of anilines is 1. The average Bonchev–Trinajstić information content (AvgIpc) is 3.61. The normalized spacial score (nSPS) is 12.9. The lowest BCUT2D eigenvalue weighted by Crippen LogP contribution is -2.45. The van der Waals surface area contributed by atoms with E-state index in [1.54, 1.807) is 16.8 Å². The quantitative estimate of drug-likeness (QED) is 0.264. The van der Waals surface area contributed by atoms with Crippen LogP contribution in [-0.2, 0) is 22.7 Å². The van der Waals surface area contributed by atoms with Gasteiger partial charge in [0.15, 0.2) is 6.61 Å². The number of ether oxygens (including phenoxy) is 1. The molecule has 208 valence electrons. The predicted octanol–water partition coefficient (Wildman–Crippen LogP) is 5.23. The minimum absolute atomic E-state index is 0.106. The van der Waals surface area contributed by atoms with Crippen LogP contribution in [0.25, 0.3) is 27.5 Å². The highest BCUT2D eigenvalue weighted by molar-refractivity contribution is 9.10. The third kappa shape index (κ3) is 4.79. The number of aromatic nitrogens is 4. The second kappa shape index (κ2) is 10.8. The highest BCUT2D eigenvalue weighted by Gasteiger charge is 2.27. The number of nitrogens with zero attached hydrogens (tertiary/aromatic N) is 5. The van der Waals surface area contributed by atoms with Crippen LogP contribution in [0.1, 0.15) is 11.3 Å². The molecule has 2 amide bonds. The molecule has 4 aromatic carbocycles. The fourth-order valence-corrected chi connectivity index (χ4v) is 5.79. The van der Waals surface area contributed by atoms with Gasteiger partial charge in [-0.2, -0.15) is 0 Å². The summed E-state index contributed by atoms with van der Waals surface area (Å²) in [5, 5.41) is 14.3. The number of carbonyl (C=O) groups excluding carboxylic acids is 2. The number of hydrogen-bond donors (Lipinski definition) is 1. The van der Waals surface area contributed by atoms with Crippen molar-refractivity contribution in [3.63, 3.8) is 0 Å². The predicted molar refractivity (Wildman–Crippen MR) is 164 cm³/mol. The van der Waals surface area contributed by atoms with E-state index >= 15 is 0 Å². The van der Waals surface area contributed by atoms with Crippen LogP contribution in [0, 0.1) is 0 Å². The standard InChI is InChI=1S/C32H25BrN6O3/c33-22-13-14-29-30(15-22)42-20-32(41)38(29)19-31(40)34-16-21-7-1-4-10-26(21)39-18-23(35-36-39)17-37-27-11-5-2-8-24(27)25-9-3-6-12-28(25)37/h1-15,18H,16-17,19-20H2,(H,34,40). The second-order valence-electron chi connectivity index (χ2n) is 10.1. The van der Waals surface area contributed by atoms with Gasteiger partial charge in [-0.3, -0.25) is 14.5 Å². The highest BCUT2D eigenvalue weighted by Crippen LogP contribution is 2.34. The molecule has 7 rings (SSSR count). The first-order chi connectivity index (χ1) is 20.5. The van der Waals surface area contributed by atoms with Crippen molar-refractivity contribution >= 4 is 55.2 Å². The van der Waals surface area contributed by atoms with Gasteiger partial charge in [-0.1, -0.05) is 75.7 Å². The van der Waals surface area contributed by atoms with Crippen LogP contribution in [0.5, 0.6) is 5.75 Å². The van der Waals surface area contributed by atoms with E-state index in [2.05, 4.69) is 72.5 Å². The molecule has 0 fully saturated rings. The molecule has 0 radical (unpaired) electrons. The summed E-state index contributed by atoms with van der Waals surface area (Å²) in [5.41, 5.74) is 5.36. The van der Waals surface area contributed by atoms with E-state index in [9.17, 15) is 9.59 Å². The lowest BCUT2D eigenvalue weighted by Gasteiger charge is -2.29. The third-order valence-electron chi connectivity index (χ3n) is 7.42. The molecule has 2 aromatic heterocycles. The summed E-state index contributed by atoms with van der Waals surface area (Å²) in [6.45, 7) is 0.620. The van der Waals surface area contributed by atoms with Crippen molar-refractivity contribution in [1.29, 1.82) is 0 Å². The summed E-state index contributed by atoms with van der Waals surface area (Å²) < 4.78 is 10.4. The van der Waals surface area contributed by atoms with Gasteiger partial charge in [-0.25, -0.2) is 4.68 Å². The van der Waals surface area contributed by atoms with Crippen molar-refractivity contribution < 1.29 is 14.3 Å². The van der Waals surface area contributed by atoms with E-state index in [1.165, 1.54) is 15.7 Å². The number of para-hydroxylation sites is 3. The Kier molecular flexibility index (Phi) is 6.67. The number of hydrogen-bond acceptors (Lipinski definition) is 5. The molecule has 0 spiro atoms. The Hall–Kier alpha value is -4.96. The number of rotatable bonds is 7. The zero-order chi connectivity index (χ0) is 28.6. The molecule has 10 heteroatoms. The minimum Gasteiger partial charge on any atom is -0.482 e. The van der Waals surface area contributed by atoms with Crippen molar-refractivity contribution in [3.8, 4) is 11.4 Å². The third-order valence-corrected chi connectivity index (χ3v) is 7.92. The first-order valence-corrected chi connectivity index (χ1v) is 14.3. The number of benzene rings is 4. The van der Waals surface area contributed by atoms with Crippen LogP contribution < -0.4 is 15.0 Å². The molecule has 0 bridgehead atoms. The summed E-state index contributed by atoms with van der Waals surface area (Å²) in [5.74, 6) is 0.0170. The molecule has 0 saturated heterocycles. The molecule has 1 aliphatic heterocycles. The highest BCUT2D eigenvalue weighted by atomic mass is 79.9. The number of amides is 2. The topological polar surface area (TPSA) is 94.3 Å². The SMILES string of the molecule is O=C(CN1C(=O)COc2cc(Br)ccc21)NCc1ccccc1-n1cc(Cn2c3ccccc3c3ccccc32)nn1. The van der Waals surface area contributed by atoms with E-state index in [0.717, 1.165) is 32.5 Å². The van der Waals surface area contributed by atoms with Gasteiger partial charge in [0, 0.05) is 32.8 Å². The maximum atomic E-state index is 13.0. The Morgan fingerprint density at radius 3 is 2.40 bits per heavy atom. The van der Waals surface area contributed by atoms with Gasteiger partial charge in [0.2, 0.25) is 5.91 Å². The molecule has 6 aromatic rings. The molecule has 0 aliphatic carbocycles. The molecule has 0 unspecified atom stereocenters. The first-order valence-electron chi connectivity index (χ1n) is 13.5. The first kappa shape index (κ1) is 26.0. The van der Waals surface area contributed by atoms with Crippen molar-refractivity contribution in [2.24, 2.45) is 0 Å². The van der Waals surface area contributed by atoms with Crippen LogP contribution in [0.15, 0.2) is 102 Å². The van der Waals surface area contributed by atoms with Gasteiger partial charge in [0.05, 0.1) is 24.1 Å². The van der Waals surface area contributed by atoms with Crippen molar-refractivity contribution in [2.75, 3.05) is 18.1 Å². The summed E-state index contributed by atoms with van der Waals surface area (Å²) in [7, 11) is 0. The lowest BCUT2D eigenvalue weighted by atomic mass is 10.1. The molecule has 3 heterocycles. The number of fused-ring (bicyclic) bond motifs is 4. The number of nitrogens with one attached hydrogen (secondary N) is 1. The fraction of sp³-hybridized carbons (Fsp3) is 0.125. The molecule has 1 N–H and O–H groups in total. The Bertz CT molecular complexity index is 1930. The van der Waals surface area contributed by atoms with Crippen molar-refractivity contribution in [1.82, 2.24) is 24.9 Å². The van der Waals surface area contributed by atoms with Crippen LogP contribution in [0.2, 0.25) is 0 Å².